The van der Waals surface area contributed by atoms with Crippen molar-refractivity contribution >= 4 is 11.9 Å². The average Bonchev–Trinajstić information content (AvgIpc) is 3.34. The first-order valence-electron chi connectivity index (χ1n) is 11.3. The number of aromatic nitrogens is 2. The highest BCUT2D eigenvalue weighted by atomic mass is 16.5. The molecule has 0 aliphatic rings. The summed E-state index contributed by atoms with van der Waals surface area (Å²) in [6.07, 6.45) is 4.40. The summed E-state index contributed by atoms with van der Waals surface area (Å²) < 4.78 is 7.67. The van der Waals surface area contributed by atoms with Gasteiger partial charge in [-0.25, -0.2) is 9.48 Å². The highest BCUT2D eigenvalue weighted by molar-refractivity contribution is 5.78. The van der Waals surface area contributed by atoms with Crippen LogP contribution in [0.1, 0.15) is 23.6 Å². The standard InChI is InChI=1S/C27H27N5O3/c28-27(34)31-25(21-8-7-13-24(16-21)35-23-11-5-2-6-12-23)17-26(33)29-15-14-20-18-30-32(19-20)22-9-3-1-4-10-22/h1-13,16,18-19,25H,14-15,17H2,(H,29,33)(H3,28,31,34). The summed E-state index contributed by atoms with van der Waals surface area (Å²) in [6.45, 7) is 0.444. The van der Waals surface area contributed by atoms with E-state index in [0.717, 1.165) is 16.8 Å². The van der Waals surface area contributed by atoms with Crippen LogP contribution in [0.4, 0.5) is 4.79 Å². The molecule has 4 rings (SSSR count). The van der Waals surface area contributed by atoms with E-state index in [2.05, 4.69) is 15.7 Å². The van der Waals surface area contributed by atoms with Gasteiger partial charge in [0.1, 0.15) is 11.5 Å². The topological polar surface area (TPSA) is 111 Å². The van der Waals surface area contributed by atoms with E-state index < -0.39 is 12.1 Å². The molecule has 8 heteroatoms. The summed E-state index contributed by atoms with van der Waals surface area (Å²) in [5, 5.41) is 9.94. The first-order valence-corrected chi connectivity index (χ1v) is 11.3. The van der Waals surface area contributed by atoms with E-state index in [4.69, 9.17) is 10.5 Å². The van der Waals surface area contributed by atoms with Crippen molar-refractivity contribution in [3.8, 4) is 17.2 Å². The number of carbonyl (C=O) groups excluding carboxylic acids is 2. The Hall–Kier alpha value is -4.59. The minimum atomic E-state index is -0.703. The molecule has 0 fully saturated rings. The van der Waals surface area contributed by atoms with Crippen molar-refractivity contribution in [1.29, 1.82) is 0 Å². The van der Waals surface area contributed by atoms with Crippen LogP contribution >= 0.6 is 0 Å². The molecule has 35 heavy (non-hydrogen) atoms. The number of ether oxygens (including phenoxy) is 1. The third-order valence-corrected chi connectivity index (χ3v) is 5.34. The molecule has 1 aromatic heterocycles. The Kier molecular flexibility index (Phi) is 7.75. The van der Waals surface area contributed by atoms with E-state index in [-0.39, 0.29) is 12.3 Å². The van der Waals surface area contributed by atoms with Crippen molar-refractivity contribution in [2.75, 3.05) is 6.54 Å². The number of hydrogen-bond donors (Lipinski definition) is 3. The maximum Gasteiger partial charge on any atom is 0.312 e. The molecule has 0 aliphatic heterocycles. The predicted molar refractivity (Wildman–Crippen MR) is 133 cm³/mol. The van der Waals surface area contributed by atoms with Gasteiger partial charge in [0.25, 0.3) is 0 Å². The Morgan fingerprint density at radius 1 is 0.943 bits per heavy atom. The third-order valence-electron chi connectivity index (χ3n) is 5.34. The number of nitrogens with two attached hydrogens (primary N) is 1. The number of rotatable bonds is 10. The fraction of sp³-hybridized carbons (Fsp3) is 0.148. The quantitative estimate of drug-likeness (QED) is 0.324. The molecule has 0 saturated heterocycles. The second-order valence-corrected chi connectivity index (χ2v) is 7.98. The normalized spacial score (nSPS) is 11.4. The van der Waals surface area contributed by atoms with Gasteiger partial charge in [-0.1, -0.05) is 48.5 Å². The van der Waals surface area contributed by atoms with Crippen LogP contribution in [0.25, 0.3) is 5.69 Å². The minimum absolute atomic E-state index is 0.0427. The Labute approximate surface area is 203 Å². The first kappa shape index (κ1) is 23.6. The van der Waals surface area contributed by atoms with Gasteiger partial charge in [0.2, 0.25) is 5.91 Å². The summed E-state index contributed by atoms with van der Waals surface area (Å²) in [4.78, 5) is 24.2. The van der Waals surface area contributed by atoms with E-state index in [1.54, 1.807) is 16.9 Å². The van der Waals surface area contributed by atoms with Crippen molar-refractivity contribution in [3.63, 3.8) is 0 Å². The van der Waals surface area contributed by atoms with Crippen molar-refractivity contribution in [2.24, 2.45) is 5.73 Å². The maximum atomic E-state index is 12.6. The fourth-order valence-corrected chi connectivity index (χ4v) is 3.66. The van der Waals surface area contributed by atoms with E-state index in [1.165, 1.54) is 0 Å². The summed E-state index contributed by atoms with van der Waals surface area (Å²) in [5.74, 6) is 1.09. The smallest absolute Gasteiger partial charge is 0.312 e. The molecule has 4 aromatic rings. The van der Waals surface area contributed by atoms with Gasteiger partial charge in [-0.15, -0.1) is 0 Å². The Bertz CT molecular complexity index is 1260. The zero-order valence-electron chi connectivity index (χ0n) is 19.1. The van der Waals surface area contributed by atoms with Gasteiger partial charge in [-0.05, 0) is 53.9 Å². The number of benzene rings is 3. The van der Waals surface area contributed by atoms with E-state index in [0.29, 0.717) is 24.5 Å². The number of nitrogens with one attached hydrogen (secondary N) is 2. The first-order chi connectivity index (χ1) is 17.1. The zero-order chi connectivity index (χ0) is 24.5. The van der Waals surface area contributed by atoms with Gasteiger partial charge >= 0.3 is 6.03 Å². The number of amides is 3. The van der Waals surface area contributed by atoms with Gasteiger partial charge in [0.15, 0.2) is 0 Å². The highest BCUT2D eigenvalue weighted by Crippen LogP contribution is 2.26. The van der Waals surface area contributed by atoms with Gasteiger partial charge in [0, 0.05) is 12.7 Å². The molecule has 1 atom stereocenters. The van der Waals surface area contributed by atoms with Gasteiger partial charge < -0.3 is 21.1 Å². The van der Waals surface area contributed by atoms with Crippen molar-refractivity contribution in [2.45, 2.75) is 18.9 Å². The molecule has 3 aromatic carbocycles. The number of hydrogen-bond acceptors (Lipinski definition) is 4. The van der Waals surface area contributed by atoms with Crippen LogP contribution < -0.4 is 21.1 Å². The molecule has 0 spiro atoms. The van der Waals surface area contributed by atoms with Gasteiger partial charge in [-0.3, -0.25) is 4.79 Å². The van der Waals surface area contributed by atoms with E-state index >= 15 is 0 Å². The second kappa shape index (κ2) is 11.5. The van der Waals surface area contributed by atoms with Crippen LogP contribution in [0.2, 0.25) is 0 Å². The number of carbonyl (C=O) groups is 2. The molecular formula is C27H27N5O3. The third kappa shape index (κ3) is 6.94. The van der Waals surface area contributed by atoms with Crippen LogP contribution in [-0.4, -0.2) is 28.3 Å². The van der Waals surface area contributed by atoms with Crippen LogP contribution in [0.5, 0.6) is 11.5 Å². The molecule has 178 valence electrons. The number of urea groups is 1. The minimum Gasteiger partial charge on any atom is -0.457 e. The molecule has 3 amide bonds. The van der Waals surface area contributed by atoms with Gasteiger partial charge in [0.05, 0.1) is 24.3 Å². The Morgan fingerprint density at radius 2 is 1.66 bits per heavy atom. The average molecular weight is 470 g/mol. The van der Waals surface area contributed by atoms with Gasteiger partial charge in [-0.2, -0.15) is 5.10 Å². The number of para-hydroxylation sites is 2. The van der Waals surface area contributed by atoms with E-state index in [1.807, 2.05) is 85.1 Å². The zero-order valence-corrected chi connectivity index (χ0v) is 19.1. The number of nitrogens with zero attached hydrogens (tertiary/aromatic N) is 2. The molecule has 0 radical (unpaired) electrons. The van der Waals surface area contributed by atoms with E-state index in [9.17, 15) is 9.59 Å². The molecule has 1 heterocycles. The summed E-state index contributed by atoms with van der Waals surface area (Å²) in [7, 11) is 0. The molecule has 8 nitrogen and oxygen atoms in total. The second-order valence-electron chi connectivity index (χ2n) is 7.98. The molecule has 0 saturated carbocycles. The van der Waals surface area contributed by atoms with Crippen molar-refractivity contribution < 1.29 is 14.3 Å². The lowest BCUT2D eigenvalue weighted by Crippen LogP contribution is -2.37. The molecule has 0 aliphatic carbocycles. The molecular weight excluding hydrogens is 442 g/mol. The lowest BCUT2D eigenvalue weighted by Gasteiger charge is -2.18. The lowest BCUT2D eigenvalue weighted by molar-refractivity contribution is -0.121. The molecule has 4 N–H and O–H groups in total. The molecule has 0 bridgehead atoms. The summed E-state index contributed by atoms with van der Waals surface area (Å²) >= 11 is 0. The SMILES string of the molecule is NC(=O)NC(CC(=O)NCCc1cnn(-c2ccccc2)c1)c1cccc(Oc2ccccc2)c1. The number of primary amides is 1. The molecule has 1 unspecified atom stereocenters. The van der Waals surface area contributed by atoms with Crippen LogP contribution in [0.15, 0.2) is 97.3 Å². The van der Waals surface area contributed by atoms with Crippen LogP contribution in [0.3, 0.4) is 0 Å². The maximum absolute atomic E-state index is 12.6. The monoisotopic (exact) mass is 469 g/mol. The highest BCUT2D eigenvalue weighted by Gasteiger charge is 2.18. The predicted octanol–water partition coefficient (Wildman–Crippen LogP) is 4.12. The Morgan fingerprint density at radius 3 is 2.40 bits per heavy atom. The summed E-state index contributed by atoms with van der Waals surface area (Å²) in [5.41, 5.74) is 8.07. The van der Waals surface area contributed by atoms with Crippen LogP contribution in [0, 0.1) is 0 Å². The van der Waals surface area contributed by atoms with Crippen LogP contribution in [-0.2, 0) is 11.2 Å². The lowest BCUT2D eigenvalue weighted by atomic mass is 10.0. The van der Waals surface area contributed by atoms with Crippen molar-refractivity contribution in [3.05, 3.63) is 108 Å². The largest absolute Gasteiger partial charge is 0.457 e. The Balaban J connectivity index is 1.34. The fourth-order valence-electron chi connectivity index (χ4n) is 3.66. The summed E-state index contributed by atoms with van der Waals surface area (Å²) in [6, 6.07) is 25.1. The van der Waals surface area contributed by atoms with Crippen molar-refractivity contribution in [1.82, 2.24) is 20.4 Å².